The molecule has 0 saturated carbocycles. The van der Waals surface area contributed by atoms with Crippen molar-refractivity contribution >= 4 is 12.0 Å². The maximum Gasteiger partial charge on any atom is 0.320 e. The van der Waals surface area contributed by atoms with E-state index < -0.39 is 5.97 Å². The van der Waals surface area contributed by atoms with Crippen LogP contribution in [-0.2, 0) is 4.79 Å². The second kappa shape index (κ2) is 5.53. The second-order valence-electron chi connectivity index (χ2n) is 4.09. The number of carbonyl (C=O) groups excluding carboxylic acids is 1. The molecular weight excluding hydrogens is 208 g/mol. The molecule has 0 unspecified atom stereocenters. The van der Waals surface area contributed by atoms with E-state index in [0.29, 0.717) is 6.54 Å². The number of nitrogens with zero attached hydrogens (tertiary/aromatic N) is 2. The van der Waals surface area contributed by atoms with Crippen molar-refractivity contribution in [3.05, 3.63) is 11.6 Å². The summed E-state index contributed by atoms with van der Waals surface area (Å²) >= 11 is 0. The molecule has 1 heterocycles. The Morgan fingerprint density at radius 3 is 2.75 bits per heavy atom. The fraction of sp³-hybridized carbons (Fsp3) is 0.636. The van der Waals surface area contributed by atoms with E-state index in [1.807, 2.05) is 6.08 Å². The zero-order chi connectivity index (χ0) is 12.1. The van der Waals surface area contributed by atoms with Crippen LogP contribution in [0.15, 0.2) is 11.6 Å². The first-order chi connectivity index (χ1) is 7.50. The maximum absolute atomic E-state index is 11.8. The highest BCUT2D eigenvalue weighted by Crippen LogP contribution is 2.11. The molecule has 2 amide bonds. The van der Waals surface area contributed by atoms with Crippen LogP contribution < -0.4 is 0 Å². The van der Waals surface area contributed by atoms with Gasteiger partial charge in [0.2, 0.25) is 0 Å². The Hall–Kier alpha value is -1.52. The van der Waals surface area contributed by atoms with Crippen LogP contribution in [0.2, 0.25) is 0 Å². The zero-order valence-corrected chi connectivity index (χ0v) is 9.77. The maximum atomic E-state index is 11.8. The lowest BCUT2D eigenvalue weighted by Gasteiger charge is -2.29. The van der Waals surface area contributed by atoms with Gasteiger partial charge in [-0.1, -0.05) is 11.6 Å². The first-order valence-corrected chi connectivity index (χ1v) is 5.38. The molecule has 1 aliphatic rings. The van der Waals surface area contributed by atoms with Crippen LogP contribution in [0.25, 0.3) is 0 Å². The van der Waals surface area contributed by atoms with E-state index in [0.717, 1.165) is 13.0 Å². The van der Waals surface area contributed by atoms with Crippen LogP contribution in [0.4, 0.5) is 4.79 Å². The van der Waals surface area contributed by atoms with Gasteiger partial charge in [-0.05, 0) is 13.3 Å². The average Bonchev–Trinajstić information content (AvgIpc) is 2.26. The van der Waals surface area contributed by atoms with Crippen LogP contribution in [-0.4, -0.2) is 53.6 Å². The molecule has 0 aromatic rings. The summed E-state index contributed by atoms with van der Waals surface area (Å²) in [7, 11) is 1.64. The highest BCUT2D eigenvalue weighted by Gasteiger charge is 2.19. The summed E-state index contributed by atoms with van der Waals surface area (Å²) in [4.78, 5) is 25.4. The number of carbonyl (C=O) groups is 2. The monoisotopic (exact) mass is 226 g/mol. The Balaban J connectivity index is 2.42. The molecule has 0 spiro atoms. The van der Waals surface area contributed by atoms with Gasteiger partial charge in [0.15, 0.2) is 0 Å². The van der Waals surface area contributed by atoms with Gasteiger partial charge in [0.25, 0.3) is 0 Å². The van der Waals surface area contributed by atoms with Crippen LogP contribution >= 0.6 is 0 Å². The third-order valence-electron chi connectivity index (χ3n) is 2.69. The van der Waals surface area contributed by atoms with E-state index in [9.17, 15) is 9.59 Å². The number of hydrogen-bond donors (Lipinski definition) is 1. The predicted octanol–water partition coefficient (Wildman–Crippen LogP) is 1.16. The zero-order valence-electron chi connectivity index (χ0n) is 9.77. The molecule has 1 rings (SSSR count). The Morgan fingerprint density at radius 2 is 2.25 bits per heavy atom. The van der Waals surface area contributed by atoms with Crippen LogP contribution in [0.3, 0.4) is 0 Å². The third-order valence-corrected chi connectivity index (χ3v) is 2.69. The highest BCUT2D eigenvalue weighted by atomic mass is 16.4. The number of carboxylic acid groups (broad SMARTS) is 1. The lowest BCUT2D eigenvalue weighted by atomic mass is 10.1. The lowest BCUT2D eigenvalue weighted by molar-refractivity contribution is -0.137. The summed E-state index contributed by atoms with van der Waals surface area (Å²) < 4.78 is 0. The number of hydrogen-bond acceptors (Lipinski definition) is 2. The van der Waals surface area contributed by atoms with Gasteiger partial charge in [-0.3, -0.25) is 4.79 Å². The van der Waals surface area contributed by atoms with Gasteiger partial charge in [-0.2, -0.15) is 0 Å². The largest absolute Gasteiger partial charge is 0.481 e. The van der Waals surface area contributed by atoms with Crippen molar-refractivity contribution in [3.8, 4) is 0 Å². The molecule has 5 nitrogen and oxygen atoms in total. The fourth-order valence-corrected chi connectivity index (χ4v) is 1.54. The number of urea groups is 1. The van der Waals surface area contributed by atoms with E-state index in [1.165, 1.54) is 10.5 Å². The topological polar surface area (TPSA) is 60.9 Å². The summed E-state index contributed by atoms with van der Waals surface area (Å²) in [5, 5.41) is 8.53. The number of aliphatic carboxylic acids is 1. The molecule has 0 saturated heterocycles. The van der Waals surface area contributed by atoms with Crippen LogP contribution in [0, 0.1) is 0 Å². The van der Waals surface area contributed by atoms with Crippen molar-refractivity contribution in [2.75, 3.05) is 26.7 Å². The molecule has 0 fully saturated rings. The van der Waals surface area contributed by atoms with Gasteiger partial charge in [0.1, 0.15) is 0 Å². The van der Waals surface area contributed by atoms with Crippen molar-refractivity contribution in [2.24, 2.45) is 0 Å². The molecular formula is C11H18N2O3. The summed E-state index contributed by atoms with van der Waals surface area (Å²) in [5.74, 6) is -0.881. The summed E-state index contributed by atoms with van der Waals surface area (Å²) in [6, 6.07) is -0.0926. The first-order valence-electron chi connectivity index (χ1n) is 5.38. The Morgan fingerprint density at radius 1 is 1.56 bits per heavy atom. The summed E-state index contributed by atoms with van der Waals surface area (Å²) in [6.45, 7) is 3.66. The molecule has 16 heavy (non-hydrogen) atoms. The fourth-order valence-electron chi connectivity index (χ4n) is 1.54. The molecule has 90 valence electrons. The van der Waals surface area contributed by atoms with Crippen molar-refractivity contribution in [3.63, 3.8) is 0 Å². The lowest BCUT2D eigenvalue weighted by Crippen LogP contribution is -2.43. The van der Waals surface area contributed by atoms with E-state index in [-0.39, 0.29) is 19.0 Å². The molecule has 0 aliphatic carbocycles. The molecule has 0 atom stereocenters. The number of carboxylic acids is 1. The quantitative estimate of drug-likeness (QED) is 0.735. The van der Waals surface area contributed by atoms with Gasteiger partial charge in [-0.25, -0.2) is 4.79 Å². The minimum Gasteiger partial charge on any atom is -0.481 e. The molecule has 0 aromatic carbocycles. The van der Waals surface area contributed by atoms with E-state index in [4.69, 9.17) is 5.11 Å². The van der Waals surface area contributed by atoms with Crippen LogP contribution in [0.5, 0.6) is 0 Å². The van der Waals surface area contributed by atoms with Crippen molar-refractivity contribution in [2.45, 2.75) is 19.8 Å². The molecule has 0 bridgehead atoms. The molecule has 0 radical (unpaired) electrons. The minimum atomic E-state index is -0.881. The third kappa shape index (κ3) is 3.56. The normalized spacial score (nSPS) is 15.6. The second-order valence-corrected chi connectivity index (χ2v) is 4.09. The van der Waals surface area contributed by atoms with Gasteiger partial charge in [-0.15, -0.1) is 0 Å². The number of rotatable bonds is 3. The van der Waals surface area contributed by atoms with Gasteiger partial charge < -0.3 is 14.9 Å². The molecule has 1 aliphatic heterocycles. The van der Waals surface area contributed by atoms with Gasteiger partial charge in [0, 0.05) is 26.7 Å². The van der Waals surface area contributed by atoms with Crippen molar-refractivity contribution < 1.29 is 14.7 Å². The summed E-state index contributed by atoms with van der Waals surface area (Å²) in [5.41, 5.74) is 1.30. The van der Waals surface area contributed by atoms with Crippen molar-refractivity contribution in [1.82, 2.24) is 9.80 Å². The number of amides is 2. The van der Waals surface area contributed by atoms with Crippen molar-refractivity contribution in [1.29, 1.82) is 0 Å². The van der Waals surface area contributed by atoms with Gasteiger partial charge >= 0.3 is 12.0 Å². The highest BCUT2D eigenvalue weighted by molar-refractivity contribution is 5.75. The average molecular weight is 226 g/mol. The smallest absolute Gasteiger partial charge is 0.320 e. The van der Waals surface area contributed by atoms with Crippen LogP contribution in [0.1, 0.15) is 19.8 Å². The SMILES string of the molecule is CC1=CCN(C(=O)N(C)CCC(=O)O)CC1. The Kier molecular flexibility index (Phi) is 4.34. The van der Waals surface area contributed by atoms with E-state index >= 15 is 0 Å². The van der Waals surface area contributed by atoms with E-state index in [1.54, 1.807) is 11.9 Å². The predicted molar refractivity (Wildman–Crippen MR) is 60.2 cm³/mol. The Labute approximate surface area is 95.3 Å². The molecule has 0 aromatic heterocycles. The van der Waals surface area contributed by atoms with E-state index in [2.05, 4.69) is 6.92 Å². The molecule has 1 N–H and O–H groups in total. The standard InChI is InChI=1S/C11H18N2O3/c1-9-3-7-13(8-4-9)11(16)12(2)6-5-10(14)15/h3H,4-8H2,1-2H3,(H,14,15). The Bertz CT molecular complexity index is 312. The van der Waals surface area contributed by atoms with Gasteiger partial charge in [0.05, 0.1) is 6.42 Å². The molecule has 5 heteroatoms. The minimum absolute atomic E-state index is 0.00898. The summed E-state index contributed by atoms with van der Waals surface area (Å²) in [6.07, 6.45) is 2.93. The first kappa shape index (κ1) is 12.5.